The fraction of sp³-hybridized carbons (Fsp3) is 0.500. The number of hydrogen-bond acceptors (Lipinski definition) is 4. The van der Waals surface area contributed by atoms with Gasteiger partial charge in [-0.3, -0.25) is 9.59 Å². The number of carbonyl (C=O) groups is 2. The molecular weight excluding hydrogens is 410 g/mol. The molecule has 0 saturated heterocycles. The number of rotatable bonds is 3. The second kappa shape index (κ2) is 10.5. The Morgan fingerprint density at radius 1 is 1.12 bits per heavy atom. The summed E-state index contributed by atoms with van der Waals surface area (Å²) in [5.74, 6) is 0.0291. The average molecular weight is 448 g/mol. The van der Waals surface area contributed by atoms with Crippen molar-refractivity contribution < 1.29 is 9.59 Å². The van der Waals surface area contributed by atoms with Crippen LogP contribution in [0.5, 0.6) is 0 Å². The molecule has 1 fully saturated rings. The van der Waals surface area contributed by atoms with Crippen LogP contribution in [0, 0.1) is 0 Å². The second-order valence-corrected chi connectivity index (χ2v) is 9.65. The lowest BCUT2D eigenvalue weighted by atomic mass is 9.88. The summed E-state index contributed by atoms with van der Waals surface area (Å²) in [6.07, 6.45) is 13.7. The third-order valence-electron chi connectivity index (χ3n) is 7.31. The lowest BCUT2D eigenvalue weighted by molar-refractivity contribution is -0.115. The van der Waals surface area contributed by atoms with Gasteiger partial charge in [-0.05, 0) is 82.1 Å². The number of benzene rings is 1. The number of allylic oxidation sites excluding steroid dienone is 5. The minimum absolute atomic E-state index is 0.103. The Kier molecular flexibility index (Phi) is 7.49. The highest BCUT2D eigenvalue weighted by Crippen LogP contribution is 2.32. The van der Waals surface area contributed by atoms with Crippen LogP contribution in [-0.2, 0) is 11.2 Å². The number of anilines is 1. The molecule has 5 heteroatoms. The Bertz CT molecular complexity index is 996. The molecule has 1 saturated carbocycles. The monoisotopic (exact) mass is 447 g/mol. The van der Waals surface area contributed by atoms with Crippen molar-refractivity contribution in [3.05, 3.63) is 64.3 Å². The zero-order valence-corrected chi connectivity index (χ0v) is 20.0. The molecule has 1 heterocycles. The van der Waals surface area contributed by atoms with Crippen molar-refractivity contribution in [1.82, 2.24) is 5.32 Å². The van der Waals surface area contributed by atoms with Crippen LogP contribution in [0.2, 0.25) is 0 Å². The SMILES string of the molecule is CCN(c1cccc2c1C/C=C/CCC1=C(CNC2=O)C(=O)CC(C)=C1)C1CCC(N)CC1. The maximum Gasteiger partial charge on any atom is 0.251 e. The minimum atomic E-state index is -0.103. The molecule has 176 valence electrons. The molecule has 0 aromatic heterocycles. The number of carbonyl (C=O) groups excluding carboxylic acids is 2. The predicted octanol–water partition coefficient (Wildman–Crippen LogP) is 4.62. The summed E-state index contributed by atoms with van der Waals surface area (Å²) < 4.78 is 0. The first-order valence-electron chi connectivity index (χ1n) is 12.5. The number of amides is 1. The third kappa shape index (κ3) is 5.30. The van der Waals surface area contributed by atoms with Crippen LogP contribution >= 0.6 is 0 Å². The Labute approximate surface area is 197 Å². The number of ketones is 1. The van der Waals surface area contributed by atoms with Crippen molar-refractivity contribution in [1.29, 1.82) is 0 Å². The van der Waals surface area contributed by atoms with Crippen LogP contribution < -0.4 is 16.0 Å². The fourth-order valence-corrected chi connectivity index (χ4v) is 5.54. The van der Waals surface area contributed by atoms with Crippen molar-refractivity contribution in [3.8, 4) is 0 Å². The largest absolute Gasteiger partial charge is 0.369 e. The molecule has 0 unspecified atom stereocenters. The third-order valence-corrected chi connectivity index (χ3v) is 7.31. The Morgan fingerprint density at radius 3 is 2.67 bits per heavy atom. The van der Waals surface area contributed by atoms with Gasteiger partial charge in [0, 0.05) is 48.4 Å². The van der Waals surface area contributed by atoms with E-state index in [1.165, 1.54) is 0 Å². The van der Waals surface area contributed by atoms with Gasteiger partial charge in [0.05, 0.1) is 0 Å². The Morgan fingerprint density at radius 2 is 1.91 bits per heavy atom. The van der Waals surface area contributed by atoms with Gasteiger partial charge in [-0.15, -0.1) is 0 Å². The van der Waals surface area contributed by atoms with Gasteiger partial charge >= 0.3 is 0 Å². The number of nitrogens with zero attached hydrogens (tertiary/aromatic N) is 1. The molecule has 1 amide bonds. The topological polar surface area (TPSA) is 75.4 Å². The highest BCUT2D eigenvalue weighted by atomic mass is 16.2. The van der Waals surface area contributed by atoms with Gasteiger partial charge < -0.3 is 16.0 Å². The fourth-order valence-electron chi connectivity index (χ4n) is 5.54. The average Bonchev–Trinajstić information content (AvgIpc) is 2.79. The van der Waals surface area contributed by atoms with E-state index in [0.717, 1.165) is 79.5 Å². The van der Waals surface area contributed by atoms with Gasteiger partial charge in [0.2, 0.25) is 0 Å². The van der Waals surface area contributed by atoms with Gasteiger partial charge in [-0.25, -0.2) is 0 Å². The smallest absolute Gasteiger partial charge is 0.251 e. The highest BCUT2D eigenvalue weighted by molar-refractivity contribution is 6.02. The van der Waals surface area contributed by atoms with E-state index < -0.39 is 0 Å². The molecule has 2 aliphatic carbocycles. The van der Waals surface area contributed by atoms with Crippen LogP contribution in [0.3, 0.4) is 0 Å². The number of fused-ring (bicyclic) bond motifs is 1. The zero-order chi connectivity index (χ0) is 23.4. The van der Waals surface area contributed by atoms with Gasteiger partial charge in [-0.2, -0.15) is 0 Å². The lowest BCUT2D eigenvalue weighted by Gasteiger charge is -2.38. The van der Waals surface area contributed by atoms with Gasteiger partial charge in [0.25, 0.3) is 5.91 Å². The molecule has 0 spiro atoms. The van der Waals surface area contributed by atoms with Crippen molar-refractivity contribution in [2.45, 2.75) is 77.3 Å². The van der Waals surface area contributed by atoms with E-state index in [0.29, 0.717) is 30.6 Å². The maximum atomic E-state index is 13.3. The highest BCUT2D eigenvalue weighted by Gasteiger charge is 2.27. The van der Waals surface area contributed by atoms with Crippen molar-refractivity contribution in [2.24, 2.45) is 5.73 Å². The van der Waals surface area contributed by atoms with Crippen LogP contribution in [0.15, 0.2) is 53.1 Å². The summed E-state index contributed by atoms with van der Waals surface area (Å²) in [6.45, 7) is 5.39. The zero-order valence-electron chi connectivity index (χ0n) is 20.0. The number of nitrogens with two attached hydrogens (primary N) is 1. The van der Waals surface area contributed by atoms with Crippen LogP contribution in [-0.4, -0.2) is 36.9 Å². The van der Waals surface area contributed by atoms with Gasteiger partial charge in [0.15, 0.2) is 5.78 Å². The van der Waals surface area contributed by atoms with Crippen molar-refractivity contribution in [2.75, 3.05) is 18.0 Å². The summed E-state index contributed by atoms with van der Waals surface area (Å²) >= 11 is 0. The molecule has 0 bridgehead atoms. The molecule has 0 radical (unpaired) electrons. The van der Waals surface area contributed by atoms with Crippen molar-refractivity contribution in [3.63, 3.8) is 0 Å². The van der Waals surface area contributed by atoms with E-state index in [4.69, 9.17) is 5.73 Å². The number of Topliss-reactive ketones (excluding diaryl/α,β-unsaturated/α-hetero) is 1. The summed E-state index contributed by atoms with van der Waals surface area (Å²) in [6, 6.07) is 6.83. The standard InChI is InChI=1S/C28H37N3O2/c1-3-31(22-14-12-21(29)13-15-22)26-11-7-10-24-23(26)9-6-4-5-8-20-16-19(2)17-27(32)25(20)18-30-28(24)33/h4,6-7,10-11,16,21-22H,3,5,8-9,12-15,17-18,29H2,1-2H3,(H,30,33)/b6-4+. The maximum absolute atomic E-state index is 13.3. The lowest BCUT2D eigenvalue weighted by Crippen LogP contribution is -2.41. The molecule has 0 atom stereocenters. The Balaban J connectivity index is 1.66. The van der Waals surface area contributed by atoms with Crippen molar-refractivity contribution >= 4 is 17.4 Å². The molecule has 1 aromatic rings. The van der Waals surface area contributed by atoms with Gasteiger partial charge in [-0.1, -0.05) is 29.9 Å². The number of hydrogen-bond donors (Lipinski definition) is 2. The summed E-state index contributed by atoms with van der Waals surface area (Å²) in [5.41, 5.74) is 12.0. The minimum Gasteiger partial charge on any atom is -0.369 e. The summed E-state index contributed by atoms with van der Waals surface area (Å²) in [4.78, 5) is 28.5. The van der Waals surface area contributed by atoms with E-state index in [1.807, 2.05) is 19.1 Å². The van der Waals surface area contributed by atoms with E-state index in [-0.39, 0.29) is 11.7 Å². The second-order valence-electron chi connectivity index (χ2n) is 9.65. The molecule has 33 heavy (non-hydrogen) atoms. The molecular formula is C28H37N3O2. The summed E-state index contributed by atoms with van der Waals surface area (Å²) in [7, 11) is 0. The quantitative estimate of drug-likeness (QED) is 0.663. The summed E-state index contributed by atoms with van der Waals surface area (Å²) in [5, 5.41) is 3.06. The van der Waals surface area contributed by atoms with Crippen LogP contribution in [0.1, 0.15) is 74.7 Å². The normalized spacial score (nSPS) is 25.1. The first kappa shape index (κ1) is 23.5. The molecule has 5 nitrogen and oxygen atoms in total. The molecule has 1 aliphatic heterocycles. The molecule has 3 N–H and O–H groups in total. The molecule has 4 rings (SSSR count). The van der Waals surface area contributed by atoms with Gasteiger partial charge in [0.1, 0.15) is 0 Å². The van der Waals surface area contributed by atoms with E-state index in [2.05, 4.69) is 41.4 Å². The van der Waals surface area contributed by atoms with Crippen LogP contribution in [0.4, 0.5) is 5.69 Å². The number of nitrogens with one attached hydrogen (secondary N) is 1. The Hall–Kier alpha value is -2.66. The molecule has 3 aliphatic rings. The van der Waals surface area contributed by atoms with E-state index in [1.54, 1.807) is 0 Å². The first-order valence-corrected chi connectivity index (χ1v) is 12.5. The molecule has 1 aromatic carbocycles. The predicted molar refractivity (Wildman–Crippen MR) is 135 cm³/mol. The van der Waals surface area contributed by atoms with E-state index >= 15 is 0 Å². The van der Waals surface area contributed by atoms with Crippen LogP contribution in [0.25, 0.3) is 0 Å². The van der Waals surface area contributed by atoms with E-state index in [9.17, 15) is 9.59 Å². The first-order chi connectivity index (χ1) is 16.0.